The van der Waals surface area contributed by atoms with Crippen molar-refractivity contribution in [1.29, 1.82) is 0 Å². The second-order valence-corrected chi connectivity index (χ2v) is 6.21. The van der Waals surface area contributed by atoms with Gasteiger partial charge in [0.05, 0.1) is 17.2 Å². The smallest absolute Gasteiger partial charge is 0.166 e. The van der Waals surface area contributed by atoms with E-state index >= 15 is 0 Å². The third-order valence-corrected chi connectivity index (χ3v) is 4.68. The van der Waals surface area contributed by atoms with Gasteiger partial charge in [0.15, 0.2) is 5.78 Å². The number of Topliss-reactive ketones (excluding diaryl/α,β-unsaturated/α-hetero) is 1. The molecule has 2 aromatic carbocycles. The van der Waals surface area contributed by atoms with Crippen molar-refractivity contribution in [2.75, 3.05) is 18.0 Å². The minimum atomic E-state index is 0.108. The fourth-order valence-electron chi connectivity index (χ4n) is 3.31. The van der Waals surface area contributed by atoms with Crippen LogP contribution < -0.4 is 4.90 Å². The Morgan fingerprint density at radius 1 is 0.917 bits per heavy atom. The summed E-state index contributed by atoms with van der Waals surface area (Å²) in [5.74, 6) is 1.27. The number of carbonyl (C=O) groups excluding carboxylic acids is 1. The Morgan fingerprint density at radius 3 is 2.33 bits per heavy atom. The molecule has 4 nitrogen and oxygen atoms in total. The number of rotatable bonds is 3. The van der Waals surface area contributed by atoms with E-state index in [1.165, 1.54) is 0 Å². The molecule has 1 aliphatic heterocycles. The van der Waals surface area contributed by atoms with Crippen LogP contribution in [0.3, 0.4) is 0 Å². The molecular formula is C20H19N3O. The number of ketones is 1. The van der Waals surface area contributed by atoms with Crippen LogP contribution in [0.4, 0.5) is 5.82 Å². The van der Waals surface area contributed by atoms with Gasteiger partial charge in [-0.25, -0.2) is 4.98 Å². The van der Waals surface area contributed by atoms with Crippen molar-refractivity contribution >= 4 is 22.6 Å². The van der Waals surface area contributed by atoms with Gasteiger partial charge in [0, 0.05) is 24.6 Å². The van der Waals surface area contributed by atoms with Gasteiger partial charge in [-0.15, -0.1) is 0 Å². The van der Waals surface area contributed by atoms with E-state index < -0.39 is 0 Å². The van der Waals surface area contributed by atoms with Crippen molar-refractivity contribution < 1.29 is 4.79 Å². The second-order valence-electron chi connectivity index (χ2n) is 6.21. The minimum absolute atomic E-state index is 0.108. The summed E-state index contributed by atoms with van der Waals surface area (Å²) in [5.41, 5.74) is 2.65. The van der Waals surface area contributed by atoms with E-state index in [0.717, 1.165) is 48.3 Å². The number of hydrogen-bond donors (Lipinski definition) is 0. The predicted molar refractivity (Wildman–Crippen MR) is 95.2 cm³/mol. The number of benzene rings is 2. The first-order chi connectivity index (χ1) is 11.8. The van der Waals surface area contributed by atoms with Crippen LogP contribution in [0.25, 0.3) is 11.0 Å². The average molecular weight is 317 g/mol. The molecule has 0 aliphatic carbocycles. The van der Waals surface area contributed by atoms with Crippen LogP contribution in [0.1, 0.15) is 23.2 Å². The van der Waals surface area contributed by atoms with E-state index in [9.17, 15) is 4.79 Å². The van der Waals surface area contributed by atoms with Gasteiger partial charge >= 0.3 is 0 Å². The van der Waals surface area contributed by atoms with Crippen LogP contribution >= 0.6 is 0 Å². The van der Waals surface area contributed by atoms with E-state index in [0.29, 0.717) is 0 Å². The maximum atomic E-state index is 12.6. The largest absolute Gasteiger partial charge is 0.355 e. The topological polar surface area (TPSA) is 46.1 Å². The summed E-state index contributed by atoms with van der Waals surface area (Å²) in [6.45, 7) is 1.69. The normalized spacial score (nSPS) is 15.6. The molecule has 120 valence electrons. The average Bonchev–Trinajstić information content (AvgIpc) is 2.68. The number of aromatic nitrogens is 2. The molecule has 1 fully saturated rings. The van der Waals surface area contributed by atoms with E-state index in [1.807, 2.05) is 60.8 Å². The number of fused-ring (bicyclic) bond motifs is 1. The van der Waals surface area contributed by atoms with Crippen molar-refractivity contribution in [3.8, 4) is 0 Å². The number of piperidine rings is 1. The lowest BCUT2D eigenvalue weighted by molar-refractivity contribution is 0.0900. The molecule has 1 aromatic heterocycles. The van der Waals surface area contributed by atoms with E-state index in [1.54, 1.807) is 0 Å². The Balaban J connectivity index is 1.46. The van der Waals surface area contributed by atoms with Gasteiger partial charge in [0.25, 0.3) is 0 Å². The van der Waals surface area contributed by atoms with Crippen LogP contribution in [0.2, 0.25) is 0 Å². The maximum Gasteiger partial charge on any atom is 0.166 e. The molecule has 24 heavy (non-hydrogen) atoms. The number of nitrogens with zero attached hydrogens (tertiary/aromatic N) is 3. The summed E-state index contributed by atoms with van der Waals surface area (Å²) in [4.78, 5) is 24.0. The van der Waals surface area contributed by atoms with Crippen LogP contribution in [0.15, 0.2) is 60.8 Å². The van der Waals surface area contributed by atoms with Gasteiger partial charge in [-0.3, -0.25) is 9.78 Å². The van der Waals surface area contributed by atoms with Gasteiger partial charge in [0.2, 0.25) is 0 Å². The summed E-state index contributed by atoms with van der Waals surface area (Å²) in [6, 6.07) is 17.5. The van der Waals surface area contributed by atoms with Crippen LogP contribution in [-0.2, 0) is 0 Å². The molecule has 0 spiro atoms. The summed E-state index contributed by atoms with van der Waals surface area (Å²) in [7, 11) is 0. The number of anilines is 1. The minimum Gasteiger partial charge on any atom is -0.355 e. The predicted octanol–water partition coefficient (Wildman–Crippen LogP) is 3.73. The lowest BCUT2D eigenvalue weighted by atomic mass is 9.89. The molecule has 1 aliphatic rings. The third kappa shape index (κ3) is 2.87. The van der Waals surface area contributed by atoms with Gasteiger partial charge in [-0.05, 0) is 25.0 Å². The van der Waals surface area contributed by atoms with Crippen molar-refractivity contribution in [2.45, 2.75) is 12.8 Å². The van der Waals surface area contributed by atoms with Gasteiger partial charge in [-0.2, -0.15) is 0 Å². The second kappa shape index (κ2) is 6.40. The first kappa shape index (κ1) is 14.8. The van der Waals surface area contributed by atoms with E-state index in [4.69, 9.17) is 4.98 Å². The van der Waals surface area contributed by atoms with Crippen LogP contribution in [0, 0.1) is 5.92 Å². The fraction of sp³-hybridized carbons (Fsp3) is 0.250. The zero-order valence-corrected chi connectivity index (χ0v) is 13.4. The molecule has 2 heterocycles. The molecule has 0 unspecified atom stereocenters. The monoisotopic (exact) mass is 317 g/mol. The molecule has 0 amide bonds. The first-order valence-electron chi connectivity index (χ1n) is 8.37. The highest BCUT2D eigenvalue weighted by Gasteiger charge is 2.26. The molecule has 4 heteroatoms. The Labute approximate surface area is 141 Å². The standard InChI is InChI=1S/C20H19N3O/c24-20(15-6-2-1-3-7-15)16-10-12-23(13-11-16)19-14-21-17-8-4-5-9-18(17)22-19/h1-9,14,16H,10-13H2. The Bertz CT molecular complexity index is 855. The van der Waals surface area contributed by atoms with Crippen LogP contribution in [0.5, 0.6) is 0 Å². The Hall–Kier alpha value is -2.75. The molecule has 0 radical (unpaired) electrons. The van der Waals surface area contributed by atoms with Crippen molar-refractivity contribution in [1.82, 2.24) is 9.97 Å². The highest BCUT2D eigenvalue weighted by molar-refractivity contribution is 5.97. The van der Waals surface area contributed by atoms with E-state index in [2.05, 4.69) is 9.88 Å². The number of carbonyl (C=O) groups is 1. The quantitative estimate of drug-likeness (QED) is 0.691. The molecule has 4 rings (SSSR count). The number of hydrogen-bond acceptors (Lipinski definition) is 4. The zero-order chi connectivity index (χ0) is 16.4. The fourth-order valence-corrected chi connectivity index (χ4v) is 3.31. The molecule has 0 saturated carbocycles. The van der Waals surface area contributed by atoms with Gasteiger partial charge < -0.3 is 4.90 Å². The van der Waals surface area contributed by atoms with Gasteiger partial charge in [-0.1, -0.05) is 42.5 Å². The SMILES string of the molecule is O=C(c1ccccc1)C1CCN(c2cnc3ccccc3n2)CC1. The molecule has 3 aromatic rings. The highest BCUT2D eigenvalue weighted by atomic mass is 16.1. The van der Waals surface area contributed by atoms with Crippen molar-refractivity contribution in [2.24, 2.45) is 5.92 Å². The summed E-state index contributed by atoms with van der Waals surface area (Å²) >= 11 is 0. The van der Waals surface area contributed by atoms with E-state index in [-0.39, 0.29) is 11.7 Å². The van der Waals surface area contributed by atoms with Gasteiger partial charge in [0.1, 0.15) is 5.82 Å². The highest BCUT2D eigenvalue weighted by Crippen LogP contribution is 2.25. The van der Waals surface area contributed by atoms with Crippen molar-refractivity contribution in [3.63, 3.8) is 0 Å². The van der Waals surface area contributed by atoms with Crippen molar-refractivity contribution in [3.05, 3.63) is 66.4 Å². The molecule has 0 N–H and O–H groups in total. The Kier molecular flexibility index (Phi) is 3.95. The molecule has 0 atom stereocenters. The first-order valence-corrected chi connectivity index (χ1v) is 8.37. The molecule has 0 bridgehead atoms. The lowest BCUT2D eigenvalue weighted by Crippen LogP contribution is -2.36. The number of para-hydroxylation sites is 2. The lowest BCUT2D eigenvalue weighted by Gasteiger charge is -2.32. The molecule has 1 saturated heterocycles. The third-order valence-electron chi connectivity index (χ3n) is 4.68. The maximum absolute atomic E-state index is 12.6. The summed E-state index contributed by atoms with van der Waals surface area (Å²) in [5, 5.41) is 0. The summed E-state index contributed by atoms with van der Waals surface area (Å²) < 4.78 is 0. The summed E-state index contributed by atoms with van der Waals surface area (Å²) in [6.07, 6.45) is 3.56. The zero-order valence-electron chi connectivity index (χ0n) is 13.4. The Morgan fingerprint density at radius 2 is 1.58 bits per heavy atom. The van der Waals surface area contributed by atoms with Crippen LogP contribution in [-0.4, -0.2) is 28.8 Å². The molecular weight excluding hydrogens is 298 g/mol.